The predicted molar refractivity (Wildman–Crippen MR) is 158 cm³/mol. The van der Waals surface area contributed by atoms with Crippen LogP contribution in [0.5, 0.6) is 5.75 Å². The van der Waals surface area contributed by atoms with Crippen molar-refractivity contribution < 1.29 is 19.5 Å². The number of rotatable bonds is 10. The van der Waals surface area contributed by atoms with Crippen molar-refractivity contribution in [2.24, 2.45) is 0 Å². The van der Waals surface area contributed by atoms with Crippen molar-refractivity contribution in [3.63, 3.8) is 0 Å². The van der Waals surface area contributed by atoms with E-state index in [0.29, 0.717) is 11.7 Å². The lowest BCUT2D eigenvalue weighted by Crippen LogP contribution is -2.66. The number of aromatic hydroxyl groups is 1. The lowest BCUT2D eigenvalue weighted by molar-refractivity contribution is -0.157. The van der Waals surface area contributed by atoms with Crippen LogP contribution in [-0.4, -0.2) is 86.1 Å². The number of hydrogen-bond acceptors (Lipinski definition) is 8. The van der Waals surface area contributed by atoms with Gasteiger partial charge in [0.15, 0.2) is 5.13 Å². The lowest BCUT2D eigenvalue weighted by atomic mass is 9.99. The Balaban J connectivity index is 1.49. The molecule has 4 amide bonds. The highest BCUT2D eigenvalue weighted by atomic mass is 32.1. The van der Waals surface area contributed by atoms with E-state index < -0.39 is 12.2 Å². The molecule has 2 fully saturated rings. The van der Waals surface area contributed by atoms with Gasteiger partial charge in [-0.3, -0.25) is 14.6 Å². The van der Waals surface area contributed by atoms with Crippen LogP contribution >= 0.6 is 11.3 Å². The molecular formula is C29H35N7O4S. The summed E-state index contributed by atoms with van der Waals surface area (Å²) in [5, 5.41) is 16.4. The maximum Gasteiger partial charge on any atom is 0.332 e. The number of urea groups is 1. The van der Waals surface area contributed by atoms with Crippen LogP contribution in [0.25, 0.3) is 10.2 Å². The third-order valence-corrected chi connectivity index (χ3v) is 8.32. The number of phenols is 1. The number of nitrogen functional groups attached to an aromatic ring is 1. The van der Waals surface area contributed by atoms with Crippen molar-refractivity contribution in [3.05, 3.63) is 66.2 Å². The molecule has 0 unspecified atom stereocenters. The summed E-state index contributed by atoms with van der Waals surface area (Å²) in [6.45, 7) is 7.05. The van der Waals surface area contributed by atoms with E-state index in [9.17, 15) is 19.5 Å². The quantitative estimate of drug-likeness (QED) is 0.249. The van der Waals surface area contributed by atoms with Crippen molar-refractivity contribution >= 4 is 44.5 Å². The zero-order chi connectivity index (χ0) is 29.1. The zero-order valence-electron chi connectivity index (χ0n) is 23.0. The van der Waals surface area contributed by atoms with Crippen LogP contribution in [0.3, 0.4) is 0 Å². The Hall–Kier alpha value is -4.16. The van der Waals surface area contributed by atoms with Gasteiger partial charge in [0, 0.05) is 19.5 Å². The Labute approximate surface area is 242 Å². The van der Waals surface area contributed by atoms with E-state index in [2.05, 4.69) is 16.9 Å². The second kappa shape index (κ2) is 12.1. The van der Waals surface area contributed by atoms with Gasteiger partial charge in [-0.15, -0.1) is 6.58 Å². The summed E-state index contributed by atoms with van der Waals surface area (Å²) in [5.74, 6) is -0.291. The van der Waals surface area contributed by atoms with Crippen LogP contribution in [0.2, 0.25) is 0 Å². The molecule has 2 aromatic carbocycles. The highest BCUT2D eigenvalue weighted by Crippen LogP contribution is 2.32. The monoisotopic (exact) mass is 577 g/mol. The number of amides is 4. The highest BCUT2D eigenvalue weighted by molar-refractivity contribution is 7.22. The van der Waals surface area contributed by atoms with Crippen molar-refractivity contribution in [2.75, 3.05) is 31.9 Å². The number of hydrogen-bond donors (Lipinski definition) is 3. The minimum Gasteiger partial charge on any atom is -0.508 e. The number of thiazole rings is 1. The molecule has 11 nitrogen and oxygen atoms in total. The van der Waals surface area contributed by atoms with Gasteiger partial charge in [0.25, 0.3) is 0 Å². The number of nitrogens with zero attached hydrogens (tertiary/aromatic N) is 5. The Bertz CT molecular complexity index is 1440. The fourth-order valence-electron chi connectivity index (χ4n) is 5.49. The van der Waals surface area contributed by atoms with E-state index in [-0.39, 0.29) is 56.2 Å². The number of nitrogens with one attached hydrogen (secondary N) is 1. The molecule has 1 aromatic heterocycles. The summed E-state index contributed by atoms with van der Waals surface area (Å²) in [6, 6.07) is 11.3. The van der Waals surface area contributed by atoms with Gasteiger partial charge in [-0.05, 0) is 35.7 Å². The first-order valence-corrected chi connectivity index (χ1v) is 14.6. The van der Waals surface area contributed by atoms with Crippen molar-refractivity contribution in [1.29, 1.82) is 0 Å². The van der Waals surface area contributed by atoms with Crippen LogP contribution in [0.1, 0.15) is 30.9 Å². The number of para-hydroxylation sites is 1. The first-order valence-electron chi connectivity index (χ1n) is 13.7. The third kappa shape index (κ3) is 5.84. The largest absolute Gasteiger partial charge is 0.508 e. The average molecular weight is 578 g/mol. The van der Waals surface area contributed by atoms with E-state index >= 15 is 0 Å². The van der Waals surface area contributed by atoms with Crippen molar-refractivity contribution in [1.82, 2.24) is 30.1 Å². The number of unbranched alkanes of at least 4 members (excludes halogenated alkanes) is 1. The smallest absolute Gasteiger partial charge is 0.332 e. The van der Waals surface area contributed by atoms with Gasteiger partial charge in [0.2, 0.25) is 11.8 Å². The zero-order valence-corrected chi connectivity index (χ0v) is 23.8. The number of anilines is 1. The Morgan fingerprint density at radius 2 is 2.05 bits per heavy atom. The molecule has 2 atom stereocenters. The van der Waals surface area contributed by atoms with Crippen LogP contribution in [0, 0.1) is 0 Å². The molecule has 0 bridgehead atoms. The maximum atomic E-state index is 14.1. The van der Waals surface area contributed by atoms with Gasteiger partial charge in [0.05, 0.1) is 29.9 Å². The second-order valence-corrected chi connectivity index (χ2v) is 11.3. The first kappa shape index (κ1) is 28.4. The van der Waals surface area contributed by atoms with Gasteiger partial charge < -0.3 is 26.0 Å². The molecule has 0 aliphatic carbocycles. The van der Waals surface area contributed by atoms with E-state index in [1.807, 2.05) is 25.1 Å². The van der Waals surface area contributed by atoms with Crippen LogP contribution in [0.4, 0.5) is 9.93 Å². The van der Waals surface area contributed by atoms with Crippen LogP contribution in [-0.2, 0) is 22.6 Å². The van der Waals surface area contributed by atoms with Gasteiger partial charge in [-0.2, -0.15) is 5.01 Å². The summed E-state index contributed by atoms with van der Waals surface area (Å²) in [6.07, 6.45) is 3.11. The predicted octanol–water partition coefficient (Wildman–Crippen LogP) is 2.92. The standard InChI is InChI=1S/C29H35N7O4S/c1-3-5-13-31-29(40)34(14-4-2)35-18-25(38)36-22(15-19-9-11-21(37)12-10-19)27(39)33(17-24(35)36)16-20-7-6-8-23-26(20)32-28(30)41-23/h4,6-12,22,24,37H,2-3,5,13-18H2,1H3,(H2,30,32)(H,31,40)/t22-,24+/m0/s1. The summed E-state index contributed by atoms with van der Waals surface area (Å²) in [7, 11) is 0. The van der Waals surface area contributed by atoms with Crippen LogP contribution in [0.15, 0.2) is 55.1 Å². The Kier molecular flexibility index (Phi) is 8.41. The van der Waals surface area contributed by atoms with E-state index in [0.717, 1.165) is 34.2 Å². The molecule has 0 spiro atoms. The molecule has 3 aromatic rings. The Morgan fingerprint density at radius 3 is 2.78 bits per heavy atom. The minimum absolute atomic E-state index is 0.0366. The summed E-state index contributed by atoms with van der Waals surface area (Å²) in [4.78, 5) is 48.7. The highest BCUT2D eigenvalue weighted by Gasteiger charge is 2.52. The van der Waals surface area contributed by atoms with Gasteiger partial charge in [-0.1, -0.05) is 55.0 Å². The number of carbonyl (C=O) groups is 3. The number of fused-ring (bicyclic) bond motifs is 2. The van der Waals surface area contributed by atoms with Gasteiger partial charge in [0.1, 0.15) is 18.0 Å². The maximum absolute atomic E-state index is 14.1. The molecule has 2 aliphatic heterocycles. The normalized spacial score (nSPS) is 19.0. The molecule has 12 heteroatoms. The molecule has 41 heavy (non-hydrogen) atoms. The first-order chi connectivity index (χ1) is 19.8. The number of piperazine rings is 1. The number of benzene rings is 2. The second-order valence-electron chi connectivity index (χ2n) is 10.3. The van der Waals surface area contributed by atoms with Gasteiger partial charge >= 0.3 is 6.03 Å². The molecule has 5 rings (SSSR count). The van der Waals surface area contributed by atoms with Crippen molar-refractivity contribution in [3.8, 4) is 5.75 Å². The number of hydrazine groups is 1. The summed E-state index contributed by atoms with van der Waals surface area (Å²) >= 11 is 1.39. The molecule has 216 valence electrons. The average Bonchev–Trinajstić information content (AvgIpc) is 3.49. The van der Waals surface area contributed by atoms with E-state index in [1.54, 1.807) is 45.2 Å². The molecule has 0 radical (unpaired) electrons. The lowest BCUT2D eigenvalue weighted by Gasteiger charge is -2.46. The summed E-state index contributed by atoms with van der Waals surface area (Å²) < 4.78 is 0.935. The van der Waals surface area contributed by atoms with E-state index in [4.69, 9.17) is 5.73 Å². The number of phenolic OH excluding ortho intramolecular Hbond substituents is 1. The fraction of sp³-hybridized carbons (Fsp3) is 0.379. The number of carbonyl (C=O) groups excluding carboxylic acids is 3. The fourth-order valence-corrected chi connectivity index (χ4v) is 6.27. The third-order valence-electron chi connectivity index (χ3n) is 7.47. The minimum atomic E-state index is -0.788. The molecule has 2 aliphatic rings. The SMILES string of the molecule is C=CCN(C(=O)NCCCC)N1CC(=O)N2[C@@H](Cc3ccc(O)cc3)C(=O)N(Cc3cccc4sc(N)nc34)C[C@@H]21. The molecule has 0 saturated carbocycles. The molecule has 4 N–H and O–H groups in total. The number of nitrogens with two attached hydrogens (primary N) is 1. The number of aromatic nitrogens is 1. The molecule has 2 saturated heterocycles. The van der Waals surface area contributed by atoms with Crippen LogP contribution < -0.4 is 11.1 Å². The Morgan fingerprint density at radius 1 is 1.27 bits per heavy atom. The van der Waals surface area contributed by atoms with E-state index in [1.165, 1.54) is 16.3 Å². The van der Waals surface area contributed by atoms with Crippen molar-refractivity contribution in [2.45, 2.75) is 44.9 Å². The summed E-state index contributed by atoms with van der Waals surface area (Å²) in [5.41, 5.74) is 8.40. The van der Waals surface area contributed by atoms with Gasteiger partial charge in [-0.25, -0.2) is 9.78 Å². The molecular weight excluding hydrogens is 542 g/mol. The molecule has 3 heterocycles. The topological polar surface area (TPSA) is 135 Å².